The number of hydrazone groups is 1. The maximum Gasteiger partial charge on any atom is 0.283 e. The first-order valence-corrected chi connectivity index (χ1v) is 8.57. The van der Waals surface area contributed by atoms with Gasteiger partial charge in [0.25, 0.3) is 5.91 Å². The molecule has 1 amide bonds. The number of nitrogens with one attached hydrogen (secondary N) is 1. The molecule has 3 aliphatic rings. The third-order valence-electron chi connectivity index (χ3n) is 4.25. The van der Waals surface area contributed by atoms with Crippen molar-refractivity contribution in [1.29, 1.82) is 5.41 Å². The van der Waals surface area contributed by atoms with Crippen LogP contribution in [-0.4, -0.2) is 27.0 Å². The second-order valence-corrected chi connectivity index (χ2v) is 6.80. The zero-order valence-corrected chi connectivity index (χ0v) is 13.3. The minimum Gasteiger partial charge on any atom is -0.465 e. The minimum atomic E-state index is -0.412. The number of carbonyl (C=O) groups excluding carboxylic acids is 1. The number of amides is 1. The number of hydrogen-bond donors (Lipinski definition) is 1. The highest BCUT2D eigenvalue weighted by atomic mass is 32.2. The van der Waals surface area contributed by atoms with Crippen LogP contribution >= 0.6 is 11.8 Å². The van der Waals surface area contributed by atoms with Crippen molar-refractivity contribution in [3.63, 3.8) is 0 Å². The molecule has 0 spiro atoms. The Bertz CT molecular complexity index is 742. The van der Waals surface area contributed by atoms with Gasteiger partial charge in [-0.1, -0.05) is 19.3 Å². The van der Waals surface area contributed by atoms with Gasteiger partial charge in [-0.25, -0.2) is 0 Å². The number of fused-ring (bicyclic) bond motifs is 1. The quantitative estimate of drug-likeness (QED) is 0.843. The van der Waals surface area contributed by atoms with E-state index in [0.717, 1.165) is 17.9 Å². The van der Waals surface area contributed by atoms with Gasteiger partial charge in [-0.05, 0) is 42.8 Å². The molecule has 2 aliphatic heterocycles. The summed E-state index contributed by atoms with van der Waals surface area (Å²) in [5.74, 6) is 0.613. The molecule has 118 valence electrons. The first kappa shape index (κ1) is 14.4. The number of amidine groups is 2. The van der Waals surface area contributed by atoms with Gasteiger partial charge >= 0.3 is 0 Å². The molecule has 1 N–H and O–H groups in total. The molecule has 4 rings (SSSR count). The third kappa shape index (κ3) is 2.65. The zero-order valence-electron chi connectivity index (χ0n) is 12.5. The van der Waals surface area contributed by atoms with Crippen LogP contribution < -0.4 is 0 Å². The summed E-state index contributed by atoms with van der Waals surface area (Å²) in [5.41, 5.74) is 0.206. The third-order valence-corrected chi connectivity index (χ3v) is 5.33. The monoisotopic (exact) mass is 328 g/mol. The van der Waals surface area contributed by atoms with Gasteiger partial charge in [-0.2, -0.15) is 15.1 Å². The molecule has 1 fully saturated rings. The van der Waals surface area contributed by atoms with Crippen molar-refractivity contribution in [3.8, 4) is 0 Å². The number of aliphatic imine (C=N–C) groups is 1. The Morgan fingerprint density at radius 1 is 1.35 bits per heavy atom. The summed E-state index contributed by atoms with van der Waals surface area (Å²) in [6.45, 7) is 0. The Labute approximate surface area is 137 Å². The zero-order chi connectivity index (χ0) is 15.8. The Morgan fingerprint density at radius 3 is 2.91 bits per heavy atom. The first-order chi connectivity index (χ1) is 11.2. The van der Waals surface area contributed by atoms with Crippen LogP contribution in [0.5, 0.6) is 0 Å². The van der Waals surface area contributed by atoms with Gasteiger partial charge in [0, 0.05) is 5.92 Å². The highest BCUT2D eigenvalue weighted by molar-refractivity contribution is 8.27. The number of rotatable bonds is 2. The summed E-state index contributed by atoms with van der Waals surface area (Å²) in [5, 5.41) is 15.8. The molecule has 0 atom stereocenters. The summed E-state index contributed by atoms with van der Waals surface area (Å²) in [6, 6.07) is 3.48. The van der Waals surface area contributed by atoms with Gasteiger partial charge in [0.15, 0.2) is 5.84 Å². The number of thioether (sulfide) groups is 1. The van der Waals surface area contributed by atoms with E-state index in [1.54, 1.807) is 18.2 Å². The van der Waals surface area contributed by atoms with Gasteiger partial charge in [-0.3, -0.25) is 10.2 Å². The Balaban J connectivity index is 1.63. The lowest BCUT2D eigenvalue weighted by Crippen LogP contribution is -2.35. The predicted molar refractivity (Wildman–Crippen MR) is 90.3 cm³/mol. The fourth-order valence-corrected chi connectivity index (χ4v) is 4.10. The summed E-state index contributed by atoms with van der Waals surface area (Å²) < 4.78 is 5.23. The molecule has 1 aliphatic carbocycles. The van der Waals surface area contributed by atoms with Crippen LogP contribution in [0.25, 0.3) is 6.08 Å². The Hall–Kier alpha value is -2.15. The smallest absolute Gasteiger partial charge is 0.283 e. The summed E-state index contributed by atoms with van der Waals surface area (Å²) in [6.07, 6.45) is 9.05. The molecule has 0 saturated heterocycles. The highest BCUT2D eigenvalue weighted by Gasteiger charge is 2.38. The molecule has 6 nitrogen and oxygen atoms in total. The van der Waals surface area contributed by atoms with Crippen LogP contribution in [0.4, 0.5) is 0 Å². The van der Waals surface area contributed by atoms with Crippen LogP contribution in [-0.2, 0) is 4.79 Å². The Morgan fingerprint density at radius 2 is 2.17 bits per heavy atom. The standard InChI is InChI=1S/C16H16N4O2S/c17-13-12(9-11-7-4-8-22-11)14(21)18-16-20(13)19-15(23-16)10-5-2-1-3-6-10/h4,7-10,17H,1-3,5-6H2/b12-9-,17-13?. The average Bonchev–Trinajstić information content (AvgIpc) is 3.22. The molecule has 0 unspecified atom stereocenters. The lowest BCUT2D eigenvalue weighted by molar-refractivity contribution is -0.114. The van der Waals surface area contributed by atoms with E-state index < -0.39 is 5.91 Å². The van der Waals surface area contributed by atoms with Crippen LogP contribution in [0.15, 0.2) is 38.5 Å². The van der Waals surface area contributed by atoms with Gasteiger partial charge in [0.05, 0.1) is 11.8 Å². The molecule has 0 radical (unpaired) electrons. The van der Waals surface area contributed by atoms with Crippen LogP contribution in [0.3, 0.4) is 0 Å². The van der Waals surface area contributed by atoms with E-state index in [0.29, 0.717) is 16.8 Å². The van der Waals surface area contributed by atoms with Gasteiger partial charge in [0.2, 0.25) is 5.17 Å². The molecule has 1 saturated carbocycles. The molecule has 0 aromatic carbocycles. The topological polar surface area (TPSA) is 82.0 Å². The summed E-state index contributed by atoms with van der Waals surface area (Å²) >= 11 is 1.43. The Kier molecular flexibility index (Phi) is 3.65. The van der Waals surface area contributed by atoms with E-state index in [4.69, 9.17) is 9.83 Å². The van der Waals surface area contributed by atoms with E-state index in [1.807, 2.05) is 0 Å². The second-order valence-electron chi connectivity index (χ2n) is 5.81. The van der Waals surface area contributed by atoms with Gasteiger partial charge in [0.1, 0.15) is 10.8 Å². The number of nitrogens with zero attached hydrogens (tertiary/aromatic N) is 3. The largest absolute Gasteiger partial charge is 0.465 e. The lowest BCUT2D eigenvalue weighted by atomic mass is 9.90. The van der Waals surface area contributed by atoms with Crippen LogP contribution in [0.2, 0.25) is 0 Å². The van der Waals surface area contributed by atoms with E-state index in [9.17, 15) is 4.79 Å². The molecular formula is C16H16N4O2S. The van der Waals surface area contributed by atoms with E-state index in [-0.39, 0.29) is 11.4 Å². The van der Waals surface area contributed by atoms with Gasteiger partial charge in [-0.15, -0.1) is 0 Å². The maximum absolute atomic E-state index is 12.2. The molecule has 23 heavy (non-hydrogen) atoms. The number of furan rings is 1. The fourth-order valence-electron chi connectivity index (χ4n) is 3.04. The van der Waals surface area contributed by atoms with E-state index >= 15 is 0 Å². The van der Waals surface area contributed by atoms with Crippen molar-refractivity contribution >= 4 is 39.8 Å². The normalized spacial score (nSPS) is 24.0. The molecular weight excluding hydrogens is 312 g/mol. The SMILES string of the molecule is N=C1/C(=C/c2ccco2)C(=O)N=C2SC(C3CCCCC3)=NN12. The molecule has 1 aromatic heterocycles. The molecule has 3 heterocycles. The molecule has 7 heteroatoms. The van der Waals surface area contributed by atoms with Crippen molar-refractivity contribution in [3.05, 3.63) is 29.7 Å². The van der Waals surface area contributed by atoms with E-state index in [1.165, 1.54) is 42.3 Å². The average molecular weight is 328 g/mol. The van der Waals surface area contributed by atoms with Crippen molar-refractivity contribution in [2.45, 2.75) is 32.1 Å². The first-order valence-electron chi connectivity index (χ1n) is 7.76. The maximum atomic E-state index is 12.2. The number of carbonyl (C=O) groups is 1. The van der Waals surface area contributed by atoms with Crippen molar-refractivity contribution in [2.24, 2.45) is 16.0 Å². The summed E-state index contributed by atoms with van der Waals surface area (Å²) in [4.78, 5) is 16.3. The predicted octanol–water partition coefficient (Wildman–Crippen LogP) is 3.48. The molecule has 0 bridgehead atoms. The number of hydrogen-bond acceptors (Lipinski definition) is 5. The fraction of sp³-hybridized carbons (Fsp3) is 0.375. The van der Waals surface area contributed by atoms with Gasteiger partial charge < -0.3 is 4.42 Å². The highest BCUT2D eigenvalue weighted by Crippen LogP contribution is 2.36. The van der Waals surface area contributed by atoms with Crippen LogP contribution in [0.1, 0.15) is 37.9 Å². The molecule has 1 aromatic rings. The van der Waals surface area contributed by atoms with Crippen molar-refractivity contribution in [1.82, 2.24) is 5.01 Å². The van der Waals surface area contributed by atoms with E-state index in [2.05, 4.69) is 10.1 Å². The van der Waals surface area contributed by atoms with Crippen LogP contribution in [0, 0.1) is 11.3 Å². The van der Waals surface area contributed by atoms with Crippen molar-refractivity contribution in [2.75, 3.05) is 0 Å². The second kappa shape index (κ2) is 5.81. The lowest BCUT2D eigenvalue weighted by Gasteiger charge is -2.20. The summed E-state index contributed by atoms with van der Waals surface area (Å²) in [7, 11) is 0. The van der Waals surface area contributed by atoms with Crippen molar-refractivity contribution < 1.29 is 9.21 Å². The minimum absolute atomic E-state index is 0.0645.